The van der Waals surface area contributed by atoms with E-state index in [1.54, 1.807) is 0 Å². The van der Waals surface area contributed by atoms with Crippen molar-refractivity contribution in [3.63, 3.8) is 0 Å². The summed E-state index contributed by atoms with van der Waals surface area (Å²) in [5.74, 6) is -0.194. The molecule has 0 saturated carbocycles. The Bertz CT molecular complexity index is 606. The first-order valence-electron chi connectivity index (χ1n) is 4.62. The molecule has 0 aliphatic carbocycles. The number of halogens is 5. The van der Waals surface area contributed by atoms with Crippen LogP contribution in [0.3, 0.4) is 0 Å². The van der Waals surface area contributed by atoms with Crippen LogP contribution in [0.1, 0.15) is 0 Å². The monoisotopic (exact) mass is 325 g/mol. The third kappa shape index (κ3) is 2.98. The van der Waals surface area contributed by atoms with Gasteiger partial charge in [0.15, 0.2) is 5.15 Å². The number of hydrogen-bond donors (Lipinski definition) is 0. The zero-order valence-corrected chi connectivity index (χ0v) is 11.6. The standard InChI is InChI=1S/C11H4Cl4FNO/c12-6-3-5(1-2-9(6)16)18-11-8(14)4-7(13)10(15)17-11/h1-4H. The van der Waals surface area contributed by atoms with Crippen LogP contribution in [-0.2, 0) is 0 Å². The fraction of sp³-hybridized carbons (Fsp3) is 0. The second-order valence-corrected chi connectivity index (χ2v) is 4.81. The highest BCUT2D eigenvalue weighted by Crippen LogP contribution is 2.34. The van der Waals surface area contributed by atoms with Gasteiger partial charge in [-0.05, 0) is 18.2 Å². The lowest BCUT2D eigenvalue weighted by molar-refractivity contribution is 0.462. The highest BCUT2D eigenvalue weighted by molar-refractivity contribution is 6.42. The Labute approximate surface area is 122 Å². The molecule has 0 aliphatic heterocycles. The van der Waals surface area contributed by atoms with Crippen LogP contribution in [0.5, 0.6) is 11.6 Å². The van der Waals surface area contributed by atoms with Crippen molar-refractivity contribution in [2.45, 2.75) is 0 Å². The first-order valence-corrected chi connectivity index (χ1v) is 6.13. The summed E-state index contributed by atoms with van der Waals surface area (Å²) < 4.78 is 18.3. The average molecular weight is 327 g/mol. The molecule has 1 aromatic carbocycles. The van der Waals surface area contributed by atoms with Gasteiger partial charge in [0.1, 0.15) is 16.6 Å². The lowest BCUT2D eigenvalue weighted by atomic mass is 10.3. The smallest absolute Gasteiger partial charge is 0.239 e. The average Bonchev–Trinajstić information content (AvgIpc) is 2.31. The Kier molecular flexibility index (Phi) is 4.17. The minimum atomic E-state index is -0.544. The normalized spacial score (nSPS) is 10.5. The van der Waals surface area contributed by atoms with Crippen molar-refractivity contribution >= 4 is 46.4 Å². The van der Waals surface area contributed by atoms with Gasteiger partial charge in [-0.1, -0.05) is 46.4 Å². The van der Waals surface area contributed by atoms with Gasteiger partial charge in [0, 0.05) is 6.07 Å². The van der Waals surface area contributed by atoms with Crippen LogP contribution < -0.4 is 4.74 Å². The van der Waals surface area contributed by atoms with Gasteiger partial charge >= 0.3 is 0 Å². The molecule has 0 N–H and O–H groups in total. The minimum Gasteiger partial charge on any atom is -0.437 e. The SMILES string of the molecule is Fc1ccc(Oc2nc(Cl)c(Cl)cc2Cl)cc1Cl. The quantitative estimate of drug-likeness (QED) is 0.667. The molecule has 2 aromatic rings. The first kappa shape index (κ1) is 13.7. The van der Waals surface area contributed by atoms with Crippen LogP contribution in [0.4, 0.5) is 4.39 Å². The number of ether oxygens (including phenoxy) is 1. The van der Waals surface area contributed by atoms with Crippen molar-refractivity contribution in [3.8, 4) is 11.6 Å². The van der Waals surface area contributed by atoms with Gasteiger partial charge in [0.05, 0.1) is 10.0 Å². The van der Waals surface area contributed by atoms with E-state index in [2.05, 4.69) is 4.98 Å². The fourth-order valence-corrected chi connectivity index (χ4v) is 1.85. The molecular formula is C11H4Cl4FNO. The molecule has 1 heterocycles. The maximum absolute atomic E-state index is 13.0. The van der Waals surface area contributed by atoms with Gasteiger partial charge in [-0.25, -0.2) is 4.39 Å². The van der Waals surface area contributed by atoms with Gasteiger partial charge in [-0.15, -0.1) is 0 Å². The van der Waals surface area contributed by atoms with E-state index in [9.17, 15) is 4.39 Å². The maximum atomic E-state index is 13.0. The Morgan fingerprint density at radius 3 is 2.33 bits per heavy atom. The molecular weight excluding hydrogens is 323 g/mol. The van der Waals surface area contributed by atoms with E-state index >= 15 is 0 Å². The molecule has 0 amide bonds. The van der Waals surface area contributed by atoms with Gasteiger partial charge in [0.2, 0.25) is 5.88 Å². The summed E-state index contributed by atoms with van der Waals surface area (Å²) in [6, 6.07) is 5.27. The second kappa shape index (κ2) is 5.49. The van der Waals surface area contributed by atoms with Crippen molar-refractivity contribution in [1.82, 2.24) is 4.98 Å². The van der Waals surface area contributed by atoms with Crippen LogP contribution in [0.25, 0.3) is 0 Å². The predicted molar refractivity (Wildman–Crippen MR) is 70.8 cm³/mol. The lowest BCUT2D eigenvalue weighted by Crippen LogP contribution is -1.91. The highest BCUT2D eigenvalue weighted by atomic mass is 35.5. The molecule has 0 aliphatic rings. The summed E-state index contributed by atoms with van der Waals surface area (Å²) in [6.45, 7) is 0. The van der Waals surface area contributed by atoms with Gasteiger partial charge in [0.25, 0.3) is 0 Å². The second-order valence-electron chi connectivity index (χ2n) is 3.23. The fourth-order valence-electron chi connectivity index (χ4n) is 1.15. The van der Waals surface area contributed by atoms with Gasteiger partial charge in [-0.3, -0.25) is 0 Å². The van der Waals surface area contributed by atoms with Crippen LogP contribution in [0, 0.1) is 5.82 Å². The van der Waals surface area contributed by atoms with Gasteiger partial charge in [-0.2, -0.15) is 4.98 Å². The molecule has 0 saturated heterocycles. The summed E-state index contributed by atoms with van der Waals surface area (Å²) in [5.41, 5.74) is 0. The zero-order chi connectivity index (χ0) is 13.3. The van der Waals surface area contributed by atoms with Gasteiger partial charge < -0.3 is 4.74 Å². The number of rotatable bonds is 2. The molecule has 18 heavy (non-hydrogen) atoms. The van der Waals surface area contributed by atoms with Crippen molar-refractivity contribution in [2.24, 2.45) is 0 Å². The molecule has 0 bridgehead atoms. The molecule has 1 aromatic heterocycles. The Balaban J connectivity index is 2.34. The molecule has 2 rings (SSSR count). The minimum absolute atomic E-state index is 0.0595. The number of pyridine rings is 1. The number of benzene rings is 1. The summed E-state index contributed by atoms with van der Waals surface area (Å²) in [6.07, 6.45) is 0. The van der Waals surface area contributed by atoms with E-state index in [4.69, 9.17) is 51.1 Å². The topological polar surface area (TPSA) is 22.1 Å². The Morgan fingerprint density at radius 1 is 0.944 bits per heavy atom. The highest BCUT2D eigenvalue weighted by Gasteiger charge is 2.11. The van der Waals surface area contributed by atoms with E-state index in [1.165, 1.54) is 24.3 Å². The number of aromatic nitrogens is 1. The number of nitrogens with zero attached hydrogens (tertiary/aromatic N) is 1. The summed E-state index contributed by atoms with van der Waals surface area (Å²) >= 11 is 23.0. The van der Waals surface area contributed by atoms with Crippen LogP contribution in [-0.4, -0.2) is 4.98 Å². The number of hydrogen-bond acceptors (Lipinski definition) is 2. The third-order valence-corrected chi connectivity index (χ3v) is 3.19. The maximum Gasteiger partial charge on any atom is 0.239 e. The first-order chi connectivity index (χ1) is 8.47. The van der Waals surface area contributed by atoms with E-state index in [1.807, 2.05) is 0 Å². The van der Waals surface area contributed by atoms with Crippen LogP contribution in [0.15, 0.2) is 24.3 Å². The molecule has 7 heteroatoms. The third-order valence-electron chi connectivity index (χ3n) is 1.96. The predicted octanol–water partition coefficient (Wildman–Crippen LogP) is 5.63. The zero-order valence-electron chi connectivity index (χ0n) is 8.55. The van der Waals surface area contributed by atoms with Crippen LogP contribution >= 0.6 is 46.4 Å². The summed E-state index contributed by atoms with van der Waals surface area (Å²) in [5, 5.41) is 0.393. The summed E-state index contributed by atoms with van der Waals surface area (Å²) in [4.78, 5) is 3.86. The van der Waals surface area contributed by atoms with Crippen molar-refractivity contribution < 1.29 is 9.13 Å². The Morgan fingerprint density at radius 2 is 1.67 bits per heavy atom. The van der Waals surface area contributed by atoms with Crippen molar-refractivity contribution in [2.75, 3.05) is 0 Å². The summed E-state index contributed by atoms with van der Waals surface area (Å²) in [7, 11) is 0. The van der Waals surface area contributed by atoms with Crippen molar-refractivity contribution in [3.05, 3.63) is 50.3 Å². The lowest BCUT2D eigenvalue weighted by Gasteiger charge is -2.08. The van der Waals surface area contributed by atoms with Crippen molar-refractivity contribution in [1.29, 1.82) is 0 Å². The van der Waals surface area contributed by atoms with E-state index < -0.39 is 5.82 Å². The molecule has 0 fully saturated rings. The molecule has 0 atom stereocenters. The molecule has 94 valence electrons. The van der Waals surface area contributed by atoms with E-state index in [0.717, 1.165) is 0 Å². The Hall–Kier alpha value is -0.740. The largest absolute Gasteiger partial charge is 0.437 e. The molecule has 2 nitrogen and oxygen atoms in total. The van der Waals surface area contributed by atoms with E-state index in [0.29, 0.717) is 0 Å². The molecule has 0 spiro atoms. The van der Waals surface area contributed by atoms with E-state index in [-0.39, 0.29) is 31.9 Å². The van der Waals surface area contributed by atoms with Crippen LogP contribution in [0.2, 0.25) is 20.2 Å². The molecule has 0 unspecified atom stereocenters. The molecule has 0 radical (unpaired) electrons.